The van der Waals surface area contributed by atoms with Gasteiger partial charge in [-0.3, -0.25) is 4.79 Å². The van der Waals surface area contributed by atoms with Gasteiger partial charge in [0.15, 0.2) is 0 Å². The van der Waals surface area contributed by atoms with Crippen LogP contribution in [0.4, 0.5) is 0 Å². The van der Waals surface area contributed by atoms with Crippen LogP contribution >= 0.6 is 0 Å². The fourth-order valence-corrected chi connectivity index (χ4v) is 10.1. The number of aliphatic hydroxyl groups excluding tert-OH is 4. The molecule has 4 atom stereocenters. The third-order valence-corrected chi connectivity index (χ3v) is 15.1. The molecule has 0 bridgehead atoms. The molecule has 0 aromatic rings. The van der Waals surface area contributed by atoms with Gasteiger partial charge in [0.2, 0.25) is 5.91 Å². The molecule has 0 saturated carbocycles. The summed E-state index contributed by atoms with van der Waals surface area (Å²) in [7, 11) is 0. The Morgan fingerprint density at radius 2 is 0.620 bits per heavy atom. The van der Waals surface area contributed by atoms with E-state index in [1.165, 1.54) is 270 Å². The second-order valence-electron chi connectivity index (χ2n) is 22.1. The Hall–Kier alpha value is -1.47. The molecule has 0 spiro atoms. The van der Waals surface area contributed by atoms with Gasteiger partial charge in [0.1, 0.15) is 12.2 Å². The number of carbonyl (C=O) groups excluding carboxylic acids is 1. The molecule has 4 unspecified atom stereocenters. The van der Waals surface area contributed by atoms with Gasteiger partial charge in [-0.15, -0.1) is 0 Å². The highest BCUT2D eigenvalue weighted by Gasteiger charge is 2.28. The van der Waals surface area contributed by atoms with Crippen LogP contribution < -0.4 is 5.32 Å². The van der Waals surface area contributed by atoms with Crippen LogP contribution in [0.15, 0.2) is 36.5 Å². The highest BCUT2D eigenvalue weighted by molar-refractivity contribution is 5.80. The maximum Gasteiger partial charge on any atom is 0.249 e. The Morgan fingerprint density at radius 1 is 0.352 bits per heavy atom. The zero-order valence-corrected chi connectivity index (χ0v) is 47.7. The molecule has 6 nitrogen and oxygen atoms in total. The zero-order valence-electron chi connectivity index (χ0n) is 47.7. The van der Waals surface area contributed by atoms with E-state index in [1.54, 1.807) is 0 Å². The van der Waals surface area contributed by atoms with Crippen molar-refractivity contribution >= 4 is 5.91 Å². The van der Waals surface area contributed by atoms with Gasteiger partial charge in [0, 0.05) is 0 Å². The molecule has 0 rings (SSSR count). The Morgan fingerprint density at radius 3 is 0.930 bits per heavy atom. The van der Waals surface area contributed by atoms with Gasteiger partial charge in [-0.1, -0.05) is 307 Å². The fraction of sp³-hybridized carbons (Fsp3) is 0.892. The average molecular weight is 1000 g/mol. The first-order valence-corrected chi connectivity index (χ1v) is 31.9. The predicted octanol–water partition coefficient (Wildman–Crippen LogP) is 19.1. The quantitative estimate of drug-likeness (QED) is 0.0308. The van der Waals surface area contributed by atoms with Crippen LogP contribution in [0.5, 0.6) is 0 Å². The van der Waals surface area contributed by atoms with Crippen LogP contribution in [0.25, 0.3) is 0 Å². The van der Waals surface area contributed by atoms with Gasteiger partial charge in [-0.2, -0.15) is 0 Å². The summed E-state index contributed by atoms with van der Waals surface area (Å²) in [6.45, 7) is 4.08. The summed E-state index contributed by atoms with van der Waals surface area (Å²) in [6.07, 6.45) is 75.4. The van der Waals surface area contributed by atoms with E-state index in [4.69, 9.17) is 0 Å². The second kappa shape index (κ2) is 59.4. The summed E-state index contributed by atoms with van der Waals surface area (Å²) in [6, 6.07) is -1.00. The van der Waals surface area contributed by atoms with E-state index in [2.05, 4.69) is 55.6 Å². The summed E-state index contributed by atoms with van der Waals surface area (Å²) in [5, 5.41) is 44.0. The van der Waals surface area contributed by atoms with Crippen molar-refractivity contribution in [3.8, 4) is 0 Å². The van der Waals surface area contributed by atoms with Gasteiger partial charge in [-0.25, -0.2) is 0 Å². The minimum absolute atomic E-state index is 0.364. The SMILES string of the molecule is CCCCCCCCCCCCCC/C=C/CCCC(O)C(O)C(CO)NC(=O)C(O)CCCCCCCCCCCCCCCCCC/C=C\C/C=C\CCCCCCCCCCCCCCCCC. The molecule has 1 amide bonds. The lowest BCUT2D eigenvalue weighted by atomic mass is 10.00. The number of rotatable bonds is 59. The molecule has 0 heterocycles. The van der Waals surface area contributed by atoms with Gasteiger partial charge in [-0.05, 0) is 70.6 Å². The Bertz CT molecular complexity index is 1120. The van der Waals surface area contributed by atoms with Crippen LogP contribution in [0.2, 0.25) is 0 Å². The van der Waals surface area contributed by atoms with Crippen molar-refractivity contribution in [2.24, 2.45) is 0 Å². The number of unbranched alkanes of at least 4 members (excludes halogenated alkanes) is 44. The summed E-state index contributed by atoms with van der Waals surface area (Å²) in [5.41, 5.74) is 0. The topological polar surface area (TPSA) is 110 Å². The Balaban J connectivity index is 3.55. The Kier molecular flexibility index (Phi) is 58.2. The molecule has 0 aromatic carbocycles. The zero-order chi connectivity index (χ0) is 51.6. The number of nitrogens with one attached hydrogen (secondary N) is 1. The van der Waals surface area contributed by atoms with Crippen LogP contribution in [-0.2, 0) is 4.79 Å². The summed E-state index contributed by atoms with van der Waals surface area (Å²) in [5.74, 6) is -0.589. The molecule has 6 heteroatoms. The largest absolute Gasteiger partial charge is 0.394 e. The minimum Gasteiger partial charge on any atom is -0.394 e. The van der Waals surface area contributed by atoms with Crippen molar-refractivity contribution < 1.29 is 25.2 Å². The number of aliphatic hydroxyl groups is 4. The van der Waals surface area contributed by atoms with Crippen molar-refractivity contribution in [2.45, 2.75) is 366 Å². The minimum atomic E-state index is -1.28. The lowest BCUT2D eigenvalue weighted by Gasteiger charge is -2.27. The van der Waals surface area contributed by atoms with E-state index in [9.17, 15) is 25.2 Å². The Labute approximate surface area is 443 Å². The molecule has 420 valence electrons. The lowest BCUT2D eigenvalue weighted by Crippen LogP contribution is -2.53. The van der Waals surface area contributed by atoms with Crippen LogP contribution in [0, 0.1) is 0 Å². The molecule has 0 aliphatic heterocycles. The van der Waals surface area contributed by atoms with E-state index in [1.807, 2.05) is 0 Å². The molecular formula is C65H125NO5. The monoisotopic (exact) mass is 1000 g/mol. The van der Waals surface area contributed by atoms with E-state index in [0.29, 0.717) is 12.8 Å². The molecule has 5 N–H and O–H groups in total. The van der Waals surface area contributed by atoms with Crippen LogP contribution in [0.1, 0.15) is 341 Å². The number of hydrogen-bond acceptors (Lipinski definition) is 5. The summed E-state index contributed by atoms with van der Waals surface area (Å²) >= 11 is 0. The van der Waals surface area contributed by atoms with Crippen LogP contribution in [0.3, 0.4) is 0 Å². The van der Waals surface area contributed by atoms with E-state index >= 15 is 0 Å². The molecule has 71 heavy (non-hydrogen) atoms. The standard InChI is InChI=1S/C65H125NO5/c1-3-5-7-9-11-13-15-17-19-21-22-23-24-25-26-27-28-29-30-31-32-33-34-35-36-37-38-39-40-41-43-45-47-49-51-53-55-57-59-63(69)65(71)66-61(60-67)64(70)62(68)58-56-54-52-50-48-46-44-42-20-18-16-14-12-10-8-6-4-2/h28-29,31-32,50,52,61-64,67-70H,3-27,30,33-49,51,53-60H2,1-2H3,(H,66,71)/b29-28-,32-31-,52-50+. The van der Waals surface area contributed by atoms with Crippen molar-refractivity contribution in [3.05, 3.63) is 36.5 Å². The molecule has 0 aliphatic carbocycles. The number of allylic oxidation sites excluding steroid dienone is 6. The molecule has 0 aromatic heterocycles. The first-order chi connectivity index (χ1) is 35.0. The van der Waals surface area contributed by atoms with Crippen molar-refractivity contribution in [2.75, 3.05) is 6.61 Å². The lowest BCUT2D eigenvalue weighted by molar-refractivity contribution is -0.132. The normalized spacial score (nSPS) is 13.8. The smallest absolute Gasteiger partial charge is 0.249 e. The highest BCUT2D eigenvalue weighted by atomic mass is 16.3. The van der Waals surface area contributed by atoms with Crippen molar-refractivity contribution in [3.63, 3.8) is 0 Å². The molecular weight excluding hydrogens is 875 g/mol. The van der Waals surface area contributed by atoms with Crippen molar-refractivity contribution in [1.29, 1.82) is 0 Å². The summed E-state index contributed by atoms with van der Waals surface area (Å²) in [4.78, 5) is 12.6. The molecule has 0 saturated heterocycles. The predicted molar refractivity (Wildman–Crippen MR) is 311 cm³/mol. The van der Waals surface area contributed by atoms with Crippen molar-refractivity contribution in [1.82, 2.24) is 5.32 Å². The second-order valence-corrected chi connectivity index (χ2v) is 22.1. The molecule has 0 radical (unpaired) electrons. The first-order valence-electron chi connectivity index (χ1n) is 31.9. The maximum atomic E-state index is 12.6. The van der Waals surface area contributed by atoms with E-state index < -0.39 is 36.9 Å². The number of carbonyl (C=O) groups is 1. The highest BCUT2D eigenvalue weighted by Crippen LogP contribution is 2.18. The third kappa shape index (κ3) is 53.2. The molecule has 0 aliphatic rings. The number of hydrogen-bond donors (Lipinski definition) is 5. The van der Waals surface area contributed by atoms with E-state index in [0.717, 1.165) is 44.9 Å². The number of amides is 1. The van der Waals surface area contributed by atoms with Crippen LogP contribution in [-0.4, -0.2) is 57.3 Å². The van der Waals surface area contributed by atoms with Gasteiger partial charge in [0.05, 0.1) is 18.8 Å². The first kappa shape index (κ1) is 69.5. The maximum absolute atomic E-state index is 12.6. The van der Waals surface area contributed by atoms with E-state index in [-0.39, 0.29) is 0 Å². The summed E-state index contributed by atoms with van der Waals surface area (Å²) < 4.78 is 0. The van der Waals surface area contributed by atoms with Gasteiger partial charge < -0.3 is 25.7 Å². The van der Waals surface area contributed by atoms with Gasteiger partial charge >= 0.3 is 0 Å². The van der Waals surface area contributed by atoms with Gasteiger partial charge in [0.25, 0.3) is 0 Å². The average Bonchev–Trinajstić information content (AvgIpc) is 3.38. The third-order valence-electron chi connectivity index (χ3n) is 15.1. The fourth-order valence-electron chi connectivity index (χ4n) is 10.1. The molecule has 0 fully saturated rings.